The van der Waals surface area contributed by atoms with Gasteiger partial charge in [-0.25, -0.2) is 0 Å². The third-order valence-electron chi connectivity index (χ3n) is 5.38. The Morgan fingerprint density at radius 1 is 1.28 bits per heavy atom. The molecular formula is C21H30N2OS. The Hall–Kier alpha value is -1.23. The first kappa shape index (κ1) is 18.6. The first-order valence-electron chi connectivity index (χ1n) is 9.34. The summed E-state index contributed by atoms with van der Waals surface area (Å²) in [7, 11) is 0. The van der Waals surface area contributed by atoms with Gasteiger partial charge in [-0.1, -0.05) is 6.07 Å². The third-order valence-corrected chi connectivity index (χ3v) is 6.11. The van der Waals surface area contributed by atoms with Crippen LogP contribution >= 0.6 is 11.3 Å². The first-order chi connectivity index (χ1) is 12.1. The summed E-state index contributed by atoms with van der Waals surface area (Å²) in [5.74, 6) is 0. The molecule has 1 aliphatic rings. The van der Waals surface area contributed by atoms with Crippen molar-refractivity contribution in [3.05, 3.63) is 51.5 Å². The highest BCUT2D eigenvalue weighted by Gasteiger charge is 2.38. The zero-order valence-electron chi connectivity index (χ0n) is 15.8. The van der Waals surface area contributed by atoms with Crippen LogP contribution in [0.25, 0.3) is 0 Å². The smallest absolute Gasteiger partial charge is 0.0535 e. The van der Waals surface area contributed by atoms with Crippen LogP contribution in [-0.2, 0) is 17.7 Å². The average molecular weight is 359 g/mol. The van der Waals surface area contributed by atoms with Gasteiger partial charge in [-0.05, 0) is 80.6 Å². The molecule has 2 aromatic rings. The summed E-state index contributed by atoms with van der Waals surface area (Å²) in [6.45, 7) is 11.3. The molecule has 136 valence electrons. The second kappa shape index (κ2) is 8.43. The second-order valence-corrected chi connectivity index (χ2v) is 8.21. The maximum absolute atomic E-state index is 5.89. The van der Waals surface area contributed by atoms with Gasteiger partial charge in [0, 0.05) is 36.5 Å². The Kier molecular flexibility index (Phi) is 6.26. The number of aryl methyl sites for hydroxylation is 3. The standard InChI is InChI=1S/C21H30N2OS/c1-4-24-16-21(9-7-19-8-12-25-14-19)10-11-23(15-21)13-20-6-5-17(2)22-18(20)3/h5-6,8,12,14H,4,7,9-11,13,15-16H2,1-3H3. The molecule has 1 aliphatic heterocycles. The minimum Gasteiger partial charge on any atom is -0.381 e. The van der Waals surface area contributed by atoms with Crippen LogP contribution in [0.3, 0.4) is 0 Å². The van der Waals surface area contributed by atoms with Gasteiger partial charge in [0.1, 0.15) is 0 Å². The molecule has 0 bridgehead atoms. The molecule has 3 rings (SSSR count). The van der Waals surface area contributed by atoms with Gasteiger partial charge in [0.15, 0.2) is 0 Å². The minimum absolute atomic E-state index is 0.296. The lowest BCUT2D eigenvalue weighted by Gasteiger charge is -2.29. The fourth-order valence-corrected chi connectivity index (χ4v) is 4.55. The Labute approximate surface area is 156 Å². The molecule has 3 heterocycles. The highest BCUT2D eigenvalue weighted by Crippen LogP contribution is 2.36. The normalized spacial score (nSPS) is 21.1. The van der Waals surface area contributed by atoms with Gasteiger partial charge in [-0.3, -0.25) is 9.88 Å². The van der Waals surface area contributed by atoms with Gasteiger partial charge in [-0.2, -0.15) is 11.3 Å². The number of aromatic nitrogens is 1. The third kappa shape index (κ3) is 4.90. The van der Waals surface area contributed by atoms with E-state index in [0.717, 1.165) is 45.0 Å². The zero-order chi connectivity index (χ0) is 17.7. The van der Waals surface area contributed by atoms with Crippen molar-refractivity contribution in [3.8, 4) is 0 Å². The topological polar surface area (TPSA) is 25.4 Å². The molecular weight excluding hydrogens is 328 g/mol. The highest BCUT2D eigenvalue weighted by molar-refractivity contribution is 7.07. The summed E-state index contributed by atoms with van der Waals surface area (Å²) in [6, 6.07) is 6.63. The molecule has 1 fully saturated rings. The van der Waals surface area contributed by atoms with E-state index >= 15 is 0 Å². The van der Waals surface area contributed by atoms with Crippen molar-refractivity contribution in [1.82, 2.24) is 9.88 Å². The van der Waals surface area contributed by atoms with Crippen molar-refractivity contribution in [3.63, 3.8) is 0 Å². The Balaban J connectivity index is 1.64. The number of likely N-dealkylation sites (tertiary alicyclic amines) is 1. The van der Waals surface area contributed by atoms with Crippen molar-refractivity contribution in [2.24, 2.45) is 5.41 Å². The Morgan fingerprint density at radius 3 is 2.88 bits per heavy atom. The van der Waals surface area contributed by atoms with E-state index in [2.05, 4.69) is 59.6 Å². The molecule has 0 spiro atoms. The summed E-state index contributed by atoms with van der Waals surface area (Å²) in [4.78, 5) is 7.21. The van der Waals surface area contributed by atoms with Crippen molar-refractivity contribution in [2.75, 3.05) is 26.3 Å². The molecule has 1 atom stereocenters. The number of nitrogens with zero attached hydrogens (tertiary/aromatic N) is 2. The van der Waals surface area contributed by atoms with Gasteiger partial charge in [0.2, 0.25) is 0 Å². The van der Waals surface area contributed by atoms with Crippen LogP contribution in [0.15, 0.2) is 29.0 Å². The number of pyridine rings is 1. The second-order valence-electron chi connectivity index (χ2n) is 7.43. The molecule has 0 amide bonds. The largest absolute Gasteiger partial charge is 0.381 e. The van der Waals surface area contributed by atoms with E-state index in [0.29, 0.717) is 5.41 Å². The van der Waals surface area contributed by atoms with Crippen LogP contribution in [0.2, 0.25) is 0 Å². The summed E-state index contributed by atoms with van der Waals surface area (Å²) in [6.07, 6.45) is 3.61. The minimum atomic E-state index is 0.296. The molecule has 1 saturated heterocycles. The Bertz CT molecular complexity index is 671. The molecule has 25 heavy (non-hydrogen) atoms. The van der Waals surface area contributed by atoms with Gasteiger partial charge in [0.25, 0.3) is 0 Å². The fourth-order valence-electron chi connectivity index (χ4n) is 3.84. The number of rotatable bonds is 8. The average Bonchev–Trinajstić information content (AvgIpc) is 3.24. The summed E-state index contributed by atoms with van der Waals surface area (Å²) in [5.41, 5.74) is 5.39. The molecule has 2 aromatic heterocycles. The van der Waals surface area contributed by atoms with Crippen molar-refractivity contribution in [2.45, 2.75) is 46.6 Å². The predicted molar refractivity (Wildman–Crippen MR) is 105 cm³/mol. The predicted octanol–water partition coefficient (Wildman–Crippen LogP) is 4.62. The summed E-state index contributed by atoms with van der Waals surface area (Å²) in [5, 5.41) is 4.46. The number of ether oxygens (including phenoxy) is 1. The molecule has 3 nitrogen and oxygen atoms in total. The SMILES string of the molecule is CCOCC1(CCc2ccsc2)CCN(Cc2ccc(C)nc2C)C1. The molecule has 0 aliphatic carbocycles. The van der Waals surface area contributed by atoms with Crippen molar-refractivity contribution in [1.29, 1.82) is 0 Å². The van der Waals surface area contributed by atoms with Crippen LogP contribution in [0, 0.1) is 19.3 Å². The zero-order valence-corrected chi connectivity index (χ0v) is 16.6. The van der Waals surface area contributed by atoms with Gasteiger partial charge < -0.3 is 4.74 Å². The van der Waals surface area contributed by atoms with E-state index in [-0.39, 0.29) is 0 Å². The lowest BCUT2D eigenvalue weighted by Crippen LogP contribution is -2.32. The van der Waals surface area contributed by atoms with Crippen LogP contribution in [0.1, 0.15) is 42.3 Å². The number of thiophene rings is 1. The van der Waals surface area contributed by atoms with E-state index in [4.69, 9.17) is 4.74 Å². The fraction of sp³-hybridized carbons (Fsp3) is 0.571. The molecule has 1 unspecified atom stereocenters. The van der Waals surface area contributed by atoms with E-state index in [1.165, 1.54) is 29.7 Å². The summed E-state index contributed by atoms with van der Waals surface area (Å²) < 4.78 is 5.89. The van der Waals surface area contributed by atoms with Crippen LogP contribution in [0.5, 0.6) is 0 Å². The van der Waals surface area contributed by atoms with E-state index < -0.39 is 0 Å². The van der Waals surface area contributed by atoms with Crippen LogP contribution in [-0.4, -0.2) is 36.2 Å². The van der Waals surface area contributed by atoms with E-state index in [1.807, 2.05) is 0 Å². The summed E-state index contributed by atoms with van der Waals surface area (Å²) >= 11 is 1.80. The van der Waals surface area contributed by atoms with Crippen molar-refractivity contribution < 1.29 is 4.74 Å². The van der Waals surface area contributed by atoms with Crippen LogP contribution in [0.4, 0.5) is 0 Å². The molecule has 0 saturated carbocycles. The van der Waals surface area contributed by atoms with Gasteiger partial charge in [0.05, 0.1) is 6.61 Å². The van der Waals surface area contributed by atoms with E-state index in [9.17, 15) is 0 Å². The van der Waals surface area contributed by atoms with E-state index in [1.54, 1.807) is 11.3 Å². The molecule has 0 radical (unpaired) electrons. The van der Waals surface area contributed by atoms with Gasteiger partial charge in [-0.15, -0.1) is 0 Å². The van der Waals surface area contributed by atoms with Crippen LogP contribution < -0.4 is 0 Å². The lowest BCUT2D eigenvalue weighted by molar-refractivity contribution is 0.0489. The number of hydrogen-bond acceptors (Lipinski definition) is 4. The monoisotopic (exact) mass is 358 g/mol. The molecule has 0 aromatic carbocycles. The molecule has 0 N–H and O–H groups in total. The molecule has 4 heteroatoms. The highest BCUT2D eigenvalue weighted by atomic mass is 32.1. The maximum atomic E-state index is 5.89. The Morgan fingerprint density at radius 2 is 2.16 bits per heavy atom. The van der Waals surface area contributed by atoms with Gasteiger partial charge >= 0.3 is 0 Å². The lowest BCUT2D eigenvalue weighted by atomic mass is 9.82. The van der Waals surface area contributed by atoms with Crippen molar-refractivity contribution >= 4 is 11.3 Å². The quantitative estimate of drug-likeness (QED) is 0.688. The first-order valence-corrected chi connectivity index (χ1v) is 10.3. The maximum Gasteiger partial charge on any atom is 0.0535 e. The number of hydrogen-bond donors (Lipinski definition) is 0.